The molecule has 0 N–H and O–H groups in total. The number of likely N-dealkylation sites (N-methyl/N-ethyl adjacent to an activating group) is 1. The van der Waals surface area contributed by atoms with E-state index in [4.69, 9.17) is 4.74 Å². The Morgan fingerprint density at radius 3 is 2.09 bits per heavy atom. The molecule has 2 unspecified atom stereocenters. The van der Waals surface area contributed by atoms with Crippen molar-refractivity contribution in [1.29, 1.82) is 0 Å². The monoisotopic (exact) mass is 297 g/mol. The Hall–Kier alpha value is -2.13. The fourth-order valence-electron chi connectivity index (χ4n) is 2.77. The summed E-state index contributed by atoms with van der Waals surface area (Å²) in [6.45, 7) is 2.09. The van der Waals surface area contributed by atoms with Crippen molar-refractivity contribution in [3.63, 3.8) is 0 Å². The lowest BCUT2D eigenvalue weighted by Crippen LogP contribution is -2.40. The highest BCUT2D eigenvalue weighted by Crippen LogP contribution is 2.26. The molecule has 2 aromatic carbocycles. The Balaban J connectivity index is 2.28. The molecule has 0 heterocycles. The molecule has 0 aromatic heterocycles. The van der Waals surface area contributed by atoms with Gasteiger partial charge in [0.25, 0.3) is 0 Å². The molecule has 0 aliphatic carbocycles. The van der Waals surface area contributed by atoms with E-state index in [1.54, 1.807) is 7.11 Å². The maximum absolute atomic E-state index is 12.9. The third-order valence-corrected chi connectivity index (χ3v) is 4.00. The molecular formula is C19H23NO2. The van der Waals surface area contributed by atoms with Crippen LogP contribution in [0.5, 0.6) is 5.75 Å². The Labute approximate surface area is 132 Å². The predicted octanol–water partition coefficient (Wildman–Crippen LogP) is 3.61. The number of benzene rings is 2. The lowest BCUT2D eigenvalue weighted by atomic mass is 9.87. The summed E-state index contributed by atoms with van der Waals surface area (Å²) in [5.74, 6) is 1.06. The van der Waals surface area contributed by atoms with Gasteiger partial charge in [-0.2, -0.15) is 0 Å². The Bertz CT molecular complexity index is 605. The molecule has 2 atom stereocenters. The third-order valence-electron chi connectivity index (χ3n) is 4.00. The first kappa shape index (κ1) is 16.2. The SMILES string of the molecule is COc1ccc(C(C)C(C(=O)c2ccccc2)N(C)C)cc1. The van der Waals surface area contributed by atoms with Gasteiger partial charge in [-0.05, 0) is 31.8 Å². The maximum atomic E-state index is 12.9. The number of carbonyl (C=O) groups excluding carboxylic acids is 1. The Morgan fingerprint density at radius 2 is 1.59 bits per heavy atom. The van der Waals surface area contributed by atoms with Crippen LogP contribution in [0.4, 0.5) is 0 Å². The molecule has 22 heavy (non-hydrogen) atoms. The quantitative estimate of drug-likeness (QED) is 0.763. The summed E-state index contributed by atoms with van der Waals surface area (Å²) in [6.07, 6.45) is 0. The van der Waals surface area contributed by atoms with Crippen molar-refractivity contribution in [1.82, 2.24) is 4.90 Å². The van der Waals surface area contributed by atoms with Gasteiger partial charge < -0.3 is 4.74 Å². The van der Waals surface area contributed by atoms with Crippen LogP contribution in [0, 0.1) is 0 Å². The van der Waals surface area contributed by atoms with Gasteiger partial charge in [0.05, 0.1) is 13.2 Å². The van der Waals surface area contributed by atoms with E-state index in [9.17, 15) is 4.79 Å². The van der Waals surface area contributed by atoms with Gasteiger partial charge in [-0.3, -0.25) is 9.69 Å². The maximum Gasteiger partial charge on any atom is 0.180 e. The third kappa shape index (κ3) is 3.55. The average molecular weight is 297 g/mol. The molecule has 2 rings (SSSR count). The highest BCUT2D eigenvalue weighted by atomic mass is 16.5. The second kappa shape index (κ2) is 7.23. The summed E-state index contributed by atoms with van der Waals surface area (Å²) in [5.41, 5.74) is 1.88. The van der Waals surface area contributed by atoms with Gasteiger partial charge >= 0.3 is 0 Å². The van der Waals surface area contributed by atoms with Crippen LogP contribution < -0.4 is 4.74 Å². The van der Waals surface area contributed by atoms with Gasteiger partial charge in [0.1, 0.15) is 5.75 Å². The number of carbonyl (C=O) groups is 1. The number of ether oxygens (including phenoxy) is 1. The van der Waals surface area contributed by atoms with E-state index in [0.29, 0.717) is 0 Å². The van der Waals surface area contributed by atoms with Crippen LogP contribution >= 0.6 is 0 Å². The zero-order valence-corrected chi connectivity index (χ0v) is 13.6. The number of methoxy groups -OCH3 is 1. The van der Waals surface area contributed by atoms with Gasteiger partial charge in [0.15, 0.2) is 5.78 Å². The Kier molecular flexibility index (Phi) is 5.34. The molecule has 0 aliphatic heterocycles. The van der Waals surface area contributed by atoms with Crippen molar-refractivity contribution in [2.75, 3.05) is 21.2 Å². The zero-order valence-electron chi connectivity index (χ0n) is 13.6. The summed E-state index contributed by atoms with van der Waals surface area (Å²) in [4.78, 5) is 14.8. The van der Waals surface area contributed by atoms with Gasteiger partial charge in [-0.15, -0.1) is 0 Å². The van der Waals surface area contributed by atoms with Crippen LogP contribution in [0.1, 0.15) is 28.8 Å². The van der Waals surface area contributed by atoms with Crippen molar-refractivity contribution in [3.8, 4) is 5.75 Å². The van der Waals surface area contributed by atoms with E-state index in [0.717, 1.165) is 16.9 Å². The number of ketones is 1. The van der Waals surface area contributed by atoms with E-state index < -0.39 is 0 Å². The van der Waals surface area contributed by atoms with Crippen molar-refractivity contribution < 1.29 is 9.53 Å². The van der Waals surface area contributed by atoms with Crippen molar-refractivity contribution >= 4 is 5.78 Å². The van der Waals surface area contributed by atoms with E-state index in [-0.39, 0.29) is 17.7 Å². The molecule has 2 aromatic rings. The summed E-state index contributed by atoms with van der Waals surface area (Å²) < 4.78 is 5.20. The van der Waals surface area contributed by atoms with Crippen molar-refractivity contribution in [3.05, 3.63) is 65.7 Å². The molecule has 116 valence electrons. The molecule has 0 aliphatic rings. The number of rotatable bonds is 6. The second-order valence-corrected chi connectivity index (χ2v) is 5.70. The number of nitrogens with zero attached hydrogens (tertiary/aromatic N) is 1. The normalized spacial score (nSPS) is 13.7. The summed E-state index contributed by atoms with van der Waals surface area (Å²) in [5, 5.41) is 0. The number of hydrogen-bond donors (Lipinski definition) is 0. The predicted molar refractivity (Wildman–Crippen MR) is 89.7 cm³/mol. The van der Waals surface area contributed by atoms with E-state index in [2.05, 4.69) is 6.92 Å². The number of Topliss-reactive ketones (excluding diaryl/α,β-unsaturated/α-hetero) is 1. The van der Waals surface area contributed by atoms with E-state index >= 15 is 0 Å². The van der Waals surface area contributed by atoms with Crippen LogP contribution in [0.2, 0.25) is 0 Å². The lowest BCUT2D eigenvalue weighted by Gasteiger charge is -2.29. The lowest BCUT2D eigenvalue weighted by molar-refractivity contribution is 0.0852. The minimum absolute atomic E-state index is 0.0913. The van der Waals surface area contributed by atoms with Gasteiger partial charge in [-0.1, -0.05) is 49.4 Å². The fraction of sp³-hybridized carbons (Fsp3) is 0.316. The summed E-state index contributed by atoms with van der Waals surface area (Å²) >= 11 is 0. The first-order valence-corrected chi connectivity index (χ1v) is 7.44. The van der Waals surface area contributed by atoms with Crippen LogP contribution in [0.25, 0.3) is 0 Å². The van der Waals surface area contributed by atoms with Crippen LogP contribution in [0.15, 0.2) is 54.6 Å². The molecular weight excluding hydrogens is 274 g/mol. The van der Waals surface area contributed by atoms with Crippen molar-refractivity contribution in [2.24, 2.45) is 0 Å². The number of hydrogen-bond acceptors (Lipinski definition) is 3. The average Bonchev–Trinajstić information content (AvgIpc) is 2.55. The highest BCUT2D eigenvalue weighted by molar-refractivity contribution is 6.00. The van der Waals surface area contributed by atoms with Gasteiger partial charge in [0, 0.05) is 11.5 Å². The first-order valence-electron chi connectivity index (χ1n) is 7.44. The minimum Gasteiger partial charge on any atom is -0.497 e. The highest BCUT2D eigenvalue weighted by Gasteiger charge is 2.28. The standard InChI is InChI=1S/C19H23NO2/c1-14(15-10-12-17(22-4)13-11-15)18(20(2)3)19(21)16-8-6-5-7-9-16/h5-14,18H,1-4H3. The fourth-order valence-corrected chi connectivity index (χ4v) is 2.77. The van der Waals surface area contributed by atoms with E-state index in [1.165, 1.54) is 0 Å². The molecule has 0 saturated carbocycles. The zero-order chi connectivity index (χ0) is 16.1. The van der Waals surface area contributed by atoms with Crippen molar-refractivity contribution in [2.45, 2.75) is 18.9 Å². The second-order valence-electron chi connectivity index (χ2n) is 5.70. The Morgan fingerprint density at radius 1 is 1.00 bits per heavy atom. The molecule has 3 heteroatoms. The molecule has 3 nitrogen and oxygen atoms in total. The molecule has 0 spiro atoms. The molecule has 0 amide bonds. The molecule has 0 bridgehead atoms. The van der Waals surface area contributed by atoms with Gasteiger partial charge in [0.2, 0.25) is 0 Å². The smallest absolute Gasteiger partial charge is 0.180 e. The largest absolute Gasteiger partial charge is 0.497 e. The van der Waals surface area contributed by atoms with Crippen LogP contribution in [-0.4, -0.2) is 37.9 Å². The minimum atomic E-state index is -0.198. The van der Waals surface area contributed by atoms with Gasteiger partial charge in [-0.25, -0.2) is 0 Å². The summed E-state index contributed by atoms with van der Waals surface area (Å²) in [7, 11) is 5.55. The summed E-state index contributed by atoms with van der Waals surface area (Å²) in [6, 6.07) is 17.2. The topological polar surface area (TPSA) is 29.5 Å². The molecule has 0 fully saturated rings. The van der Waals surface area contributed by atoms with Crippen LogP contribution in [0.3, 0.4) is 0 Å². The van der Waals surface area contributed by atoms with Crippen LogP contribution in [-0.2, 0) is 0 Å². The molecule has 0 radical (unpaired) electrons. The first-order chi connectivity index (χ1) is 10.5. The molecule has 0 saturated heterocycles. The van der Waals surface area contributed by atoms with E-state index in [1.807, 2.05) is 73.6 Å².